The quantitative estimate of drug-likeness (QED) is 0.505. The number of amides is 2. The normalized spacial score (nSPS) is 12.7. The van der Waals surface area contributed by atoms with Crippen molar-refractivity contribution in [3.63, 3.8) is 0 Å². The Hall–Kier alpha value is -3.68. The molecule has 4 aromatic heterocycles. The molecule has 10 nitrogen and oxygen atoms in total. The Bertz CT molecular complexity index is 1190. The number of nitrogens with zero attached hydrogens (tertiary/aromatic N) is 7. The second-order valence-corrected chi connectivity index (χ2v) is 6.83. The van der Waals surface area contributed by atoms with Crippen molar-refractivity contribution >= 4 is 33.5 Å². The predicted octanol–water partition coefficient (Wildman–Crippen LogP) is 2.96. The van der Waals surface area contributed by atoms with Gasteiger partial charge < -0.3 is 5.32 Å². The summed E-state index contributed by atoms with van der Waals surface area (Å²) in [5.74, 6) is 0.108. The van der Waals surface area contributed by atoms with Crippen LogP contribution in [0.1, 0.15) is 24.5 Å². The average molecular weight is 435 g/mol. The fourth-order valence-electron chi connectivity index (χ4n) is 2.63. The lowest BCUT2D eigenvalue weighted by Gasteiger charge is -2.14. The largest absolute Gasteiger partial charge is 0.434 e. The van der Waals surface area contributed by atoms with E-state index in [2.05, 4.69) is 40.7 Å². The SMILES string of the molecule is C[C@H](NC(=O)Nc1nc(C(F)(F)F)c2ccsc2n1)c1ncnn1-c1ncccn1. The highest BCUT2D eigenvalue weighted by molar-refractivity contribution is 7.16. The third-order valence-electron chi connectivity index (χ3n) is 3.87. The van der Waals surface area contributed by atoms with Crippen molar-refractivity contribution in [2.24, 2.45) is 0 Å². The van der Waals surface area contributed by atoms with Crippen LogP contribution in [-0.2, 0) is 6.18 Å². The van der Waals surface area contributed by atoms with E-state index in [1.807, 2.05) is 0 Å². The van der Waals surface area contributed by atoms with Crippen LogP contribution in [-0.4, -0.2) is 40.7 Å². The fourth-order valence-corrected chi connectivity index (χ4v) is 3.39. The van der Waals surface area contributed by atoms with E-state index in [0.29, 0.717) is 5.82 Å². The Morgan fingerprint density at radius 3 is 2.70 bits per heavy atom. The lowest BCUT2D eigenvalue weighted by atomic mass is 10.3. The molecule has 0 spiro atoms. The summed E-state index contributed by atoms with van der Waals surface area (Å²) in [6.07, 6.45) is -0.371. The van der Waals surface area contributed by atoms with E-state index in [9.17, 15) is 18.0 Å². The topological polar surface area (TPSA) is 123 Å². The fraction of sp³-hybridized carbons (Fsp3) is 0.188. The predicted molar refractivity (Wildman–Crippen MR) is 99.9 cm³/mol. The number of hydrogen-bond acceptors (Lipinski definition) is 8. The lowest BCUT2D eigenvalue weighted by molar-refractivity contribution is -0.139. The van der Waals surface area contributed by atoms with Crippen LogP contribution in [0.3, 0.4) is 0 Å². The van der Waals surface area contributed by atoms with Crippen LogP contribution in [0, 0.1) is 0 Å². The Kier molecular flexibility index (Phi) is 4.99. The first kappa shape index (κ1) is 19.6. The van der Waals surface area contributed by atoms with Crippen LogP contribution in [0.5, 0.6) is 0 Å². The highest BCUT2D eigenvalue weighted by atomic mass is 32.1. The number of fused-ring (bicyclic) bond motifs is 1. The Morgan fingerprint density at radius 1 is 1.20 bits per heavy atom. The number of carbonyl (C=O) groups excluding carboxylic acids is 1. The van der Waals surface area contributed by atoms with Gasteiger partial charge in [-0.1, -0.05) is 0 Å². The zero-order chi connectivity index (χ0) is 21.3. The number of anilines is 1. The second kappa shape index (κ2) is 7.62. The molecule has 2 N–H and O–H groups in total. The van der Waals surface area contributed by atoms with Gasteiger partial charge in [0.15, 0.2) is 11.5 Å². The van der Waals surface area contributed by atoms with Crippen LogP contribution >= 0.6 is 11.3 Å². The average Bonchev–Trinajstić information content (AvgIpc) is 3.36. The molecule has 154 valence electrons. The summed E-state index contributed by atoms with van der Waals surface area (Å²) < 4.78 is 41.1. The molecule has 30 heavy (non-hydrogen) atoms. The maximum atomic E-state index is 13.3. The number of halogens is 3. The number of rotatable bonds is 4. The molecule has 4 heterocycles. The summed E-state index contributed by atoms with van der Waals surface area (Å²) in [6, 6.07) is 1.43. The van der Waals surface area contributed by atoms with Crippen molar-refractivity contribution in [2.75, 3.05) is 5.32 Å². The summed E-state index contributed by atoms with van der Waals surface area (Å²) >= 11 is 1.01. The van der Waals surface area contributed by atoms with E-state index in [1.54, 1.807) is 13.0 Å². The van der Waals surface area contributed by atoms with E-state index >= 15 is 0 Å². The molecule has 4 aromatic rings. The Labute approximate surface area is 170 Å². The smallest absolute Gasteiger partial charge is 0.328 e. The standard InChI is InChI=1S/C16H12F3N9OS/c1-8(11-22-7-23-28(11)14-20-4-2-5-21-14)24-15(29)27-13-25-10(16(17,18)19)9-3-6-30-12(9)26-13/h2-8H,1H3,(H2,24,25,26,27,29)/t8-/m0/s1. The number of alkyl halides is 3. The van der Waals surface area contributed by atoms with Gasteiger partial charge in [0, 0.05) is 17.8 Å². The molecular formula is C16H12F3N9OS. The van der Waals surface area contributed by atoms with Crippen molar-refractivity contribution in [1.29, 1.82) is 0 Å². The maximum Gasteiger partial charge on any atom is 0.434 e. The van der Waals surface area contributed by atoms with Crippen LogP contribution in [0.2, 0.25) is 0 Å². The minimum absolute atomic E-state index is 0.113. The Balaban J connectivity index is 1.53. The molecule has 4 rings (SSSR count). The minimum atomic E-state index is -4.69. The molecule has 14 heteroatoms. The molecular weight excluding hydrogens is 423 g/mol. The van der Waals surface area contributed by atoms with Crippen LogP contribution in [0.15, 0.2) is 36.2 Å². The zero-order valence-electron chi connectivity index (χ0n) is 15.1. The van der Waals surface area contributed by atoms with Crippen LogP contribution in [0.4, 0.5) is 23.9 Å². The zero-order valence-corrected chi connectivity index (χ0v) is 15.9. The van der Waals surface area contributed by atoms with Gasteiger partial charge in [-0.2, -0.15) is 23.0 Å². The molecule has 0 aromatic carbocycles. The third kappa shape index (κ3) is 3.89. The first-order chi connectivity index (χ1) is 14.3. The van der Waals surface area contributed by atoms with Crippen molar-refractivity contribution in [3.05, 3.63) is 47.8 Å². The van der Waals surface area contributed by atoms with Gasteiger partial charge in [-0.05, 0) is 24.4 Å². The summed E-state index contributed by atoms with van der Waals surface area (Å²) in [6.45, 7) is 1.62. The summed E-state index contributed by atoms with van der Waals surface area (Å²) in [7, 11) is 0. The second-order valence-electron chi connectivity index (χ2n) is 5.93. The van der Waals surface area contributed by atoms with Gasteiger partial charge >= 0.3 is 12.2 Å². The third-order valence-corrected chi connectivity index (χ3v) is 4.68. The lowest BCUT2D eigenvalue weighted by Crippen LogP contribution is -2.33. The molecule has 1 atom stereocenters. The van der Waals surface area contributed by atoms with E-state index in [4.69, 9.17) is 0 Å². The Morgan fingerprint density at radius 2 is 1.97 bits per heavy atom. The van der Waals surface area contributed by atoms with Gasteiger partial charge in [0.1, 0.15) is 11.2 Å². The van der Waals surface area contributed by atoms with Crippen molar-refractivity contribution in [3.8, 4) is 5.95 Å². The van der Waals surface area contributed by atoms with Gasteiger partial charge in [0.25, 0.3) is 5.95 Å². The monoisotopic (exact) mass is 435 g/mol. The number of aromatic nitrogens is 7. The molecule has 0 bridgehead atoms. The highest BCUT2D eigenvalue weighted by Crippen LogP contribution is 2.35. The van der Waals surface area contributed by atoms with Gasteiger partial charge in [0.2, 0.25) is 5.95 Å². The number of hydrogen-bond donors (Lipinski definition) is 2. The van der Waals surface area contributed by atoms with E-state index in [-0.39, 0.29) is 16.2 Å². The molecule has 0 saturated heterocycles. The number of thiophene rings is 1. The minimum Gasteiger partial charge on any atom is -0.328 e. The summed E-state index contributed by atoms with van der Waals surface area (Å²) in [5.41, 5.74) is -1.11. The van der Waals surface area contributed by atoms with Gasteiger partial charge in [-0.25, -0.2) is 29.7 Å². The summed E-state index contributed by atoms with van der Waals surface area (Å²) in [4.78, 5) is 32.1. The molecule has 0 aliphatic heterocycles. The molecule has 2 amide bonds. The number of nitrogens with one attached hydrogen (secondary N) is 2. The van der Waals surface area contributed by atoms with Crippen molar-refractivity contribution in [1.82, 2.24) is 40.0 Å². The summed E-state index contributed by atoms with van der Waals surface area (Å²) in [5, 5.41) is 10.2. The van der Waals surface area contributed by atoms with E-state index < -0.39 is 29.9 Å². The van der Waals surface area contributed by atoms with Gasteiger partial charge in [-0.15, -0.1) is 11.3 Å². The first-order valence-electron chi connectivity index (χ1n) is 8.40. The molecule has 0 aliphatic rings. The van der Waals surface area contributed by atoms with Crippen molar-refractivity contribution < 1.29 is 18.0 Å². The van der Waals surface area contributed by atoms with E-state index in [0.717, 1.165) is 11.3 Å². The van der Waals surface area contributed by atoms with Crippen molar-refractivity contribution in [2.45, 2.75) is 19.1 Å². The van der Waals surface area contributed by atoms with Gasteiger partial charge in [-0.3, -0.25) is 5.32 Å². The molecule has 0 aliphatic carbocycles. The number of carbonyl (C=O) groups is 1. The highest BCUT2D eigenvalue weighted by Gasteiger charge is 2.36. The van der Waals surface area contributed by atoms with E-state index in [1.165, 1.54) is 34.8 Å². The molecule has 0 fully saturated rings. The maximum absolute atomic E-state index is 13.3. The molecule has 0 radical (unpaired) electrons. The molecule has 0 saturated carbocycles. The number of urea groups is 1. The van der Waals surface area contributed by atoms with Crippen LogP contribution < -0.4 is 10.6 Å². The van der Waals surface area contributed by atoms with Crippen LogP contribution in [0.25, 0.3) is 16.2 Å². The molecule has 0 unspecified atom stereocenters. The van der Waals surface area contributed by atoms with Gasteiger partial charge in [0.05, 0.1) is 6.04 Å². The first-order valence-corrected chi connectivity index (χ1v) is 9.28.